The molecule has 1 aromatic heterocycles. The van der Waals surface area contributed by atoms with E-state index in [1.165, 1.54) is 9.58 Å². The van der Waals surface area contributed by atoms with E-state index in [4.69, 9.17) is 0 Å². The summed E-state index contributed by atoms with van der Waals surface area (Å²) in [5.74, 6) is -0.0358. The van der Waals surface area contributed by atoms with Crippen molar-refractivity contribution >= 4 is 16.7 Å². The van der Waals surface area contributed by atoms with E-state index in [1.54, 1.807) is 33.3 Å². The van der Waals surface area contributed by atoms with E-state index in [-0.39, 0.29) is 17.9 Å². The topological polar surface area (TPSA) is 55.2 Å². The predicted octanol–water partition coefficient (Wildman–Crippen LogP) is 0.564. The van der Waals surface area contributed by atoms with Gasteiger partial charge in [-0.25, -0.2) is 4.68 Å². The van der Waals surface area contributed by atoms with Crippen LogP contribution in [0.5, 0.6) is 0 Å². The first-order valence-electron chi connectivity index (χ1n) is 5.66. The molecule has 18 heavy (non-hydrogen) atoms. The summed E-state index contributed by atoms with van der Waals surface area (Å²) >= 11 is 0. The molecule has 1 aromatic carbocycles. The second-order valence-electron chi connectivity index (χ2n) is 4.39. The van der Waals surface area contributed by atoms with E-state index in [0.29, 0.717) is 11.1 Å². The lowest BCUT2D eigenvalue weighted by Gasteiger charge is -2.11. The van der Waals surface area contributed by atoms with Crippen molar-refractivity contribution in [2.24, 2.45) is 7.05 Å². The standard InChI is InChI=1S/C13H15N3O2/c1-15(2)12(17)8-11-9-6-4-5-7-10(9)13(18)16(3)14-11/h4-7H,8H2,1-3H3. The Bertz CT molecular complexity index is 659. The minimum atomic E-state index is -0.147. The molecule has 0 radical (unpaired) electrons. The Kier molecular flexibility index (Phi) is 3.14. The highest BCUT2D eigenvalue weighted by Gasteiger charge is 2.13. The lowest BCUT2D eigenvalue weighted by Crippen LogP contribution is -2.27. The van der Waals surface area contributed by atoms with Crippen LogP contribution in [-0.4, -0.2) is 34.7 Å². The molecule has 0 saturated heterocycles. The lowest BCUT2D eigenvalue weighted by atomic mass is 10.1. The minimum absolute atomic E-state index is 0.0358. The van der Waals surface area contributed by atoms with Crippen LogP contribution in [0.4, 0.5) is 0 Å². The number of hydrogen-bond acceptors (Lipinski definition) is 3. The van der Waals surface area contributed by atoms with Gasteiger partial charge in [-0.05, 0) is 6.07 Å². The summed E-state index contributed by atoms with van der Waals surface area (Å²) in [6.07, 6.45) is 0.196. The van der Waals surface area contributed by atoms with Crippen LogP contribution in [0.1, 0.15) is 5.69 Å². The van der Waals surface area contributed by atoms with Gasteiger partial charge < -0.3 is 4.90 Å². The molecule has 2 rings (SSSR count). The predicted molar refractivity (Wildman–Crippen MR) is 69.4 cm³/mol. The Morgan fingerprint density at radius 3 is 2.50 bits per heavy atom. The molecule has 0 fully saturated rings. The van der Waals surface area contributed by atoms with Gasteiger partial charge in [0.15, 0.2) is 0 Å². The first-order chi connectivity index (χ1) is 8.50. The maximum atomic E-state index is 11.9. The summed E-state index contributed by atoms with van der Waals surface area (Å²) in [4.78, 5) is 25.2. The molecule has 1 heterocycles. The Morgan fingerprint density at radius 2 is 1.89 bits per heavy atom. The minimum Gasteiger partial charge on any atom is -0.348 e. The van der Waals surface area contributed by atoms with Gasteiger partial charge >= 0.3 is 0 Å². The summed E-state index contributed by atoms with van der Waals surface area (Å²) in [6.45, 7) is 0. The average Bonchev–Trinajstić information content (AvgIpc) is 2.35. The van der Waals surface area contributed by atoms with Crippen LogP contribution in [0, 0.1) is 0 Å². The Balaban J connectivity index is 2.61. The van der Waals surface area contributed by atoms with Gasteiger partial charge in [-0.2, -0.15) is 5.10 Å². The number of amides is 1. The molecule has 0 aliphatic carbocycles. The molecule has 2 aromatic rings. The van der Waals surface area contributed by atoms with E-state index in [0.717, 1.165) is 5.39 Å². The van der Waals surface area contributed by atoms with Crippen LogP contribution in [0.15, 0.2) is 29.1 Å². The van der Waals surface area contributed by atoms with Crippen molar-refractivity contribution in [1.82, 2.24) is 14.7 Å². The highest BCUT2D eigenvalue weighted by atomic mass is 16.2. The molecule has 0 atom stereocenters. The third-order valence-corrected chi connectivity index (χ3v) is 2.85. The molecular weight excluding hydrogens is 230 g/mol. The van der Waals surface area contributed by atoms with Crippen molar-refractivity contribution in [2.75, 3.05) is 14.1 Å². The summed E-state index contributed by atoms with van der Waals surface area (Å²) in [7, 11) is 5.00. The summed E-state index contributed by atoms with van der Waals surface area (Å²) in [5, 5.41) is 5.52. The largest absolute Gasteiger partial charge is 0.348 e. The Morgan fingerprint density at radius 1 is 1.28 bits per heavy atom. The molecule has 0 saturated carbocycles. The molecule has 1 amide bonds. The third-order valence-electron chi connectivity index (χ3n) is 2.85. The number of fused-ring (bicyclic) bond motifs is 1. The van der Waals surface area contributed by atoms with Crippen LogP contribution in [0.3, 0.4) is 0 Å². The monoisotopic (exact) mass is 245 g/mol. The van der Waals surface area contributed by atoms with Gasteiger partial charge in [0, 0.05) is 26.5 Å². The van der Waals surface area contributed by atoms with Crippen LogP contribution in [-0.2, 0) is 18.3 Å². The number of carbonyl (C=O) groups is 1. The molecule has 0 unspecified atom stereocenters. The number of rotatable bonds is 2. The summed E-state index contributed by atoms with van der Waals surface area (Å²) in [5.41, 5.74) is 0.484. The van der Waals surface area contributed by atoms with E-state index in [2.05, 4.69) is 5.10 Å². The molecule has 0 bridgehead atoms. The van der Waals surface area contributed by atoms with Crippen LogP contribution >= 0.6 is 0 Å². The van der Waals surface area contributed by atoms with Crippen molar-refractivity contribution in [3.05, 3.63) is 40.3 Å². The van der Waals surface area contributed by atoms with Gasteiger partial charge in [0.1, 0.15) is 0 Å². The zero-order chi connectivity index (χ0) is 13.3. The second kappa shape index (κ2) is 4.60. The smallest absolute Gasteiger partial charge is 0.274 e. The highest BCUT2D eigenvalue weighted by Crippen LogP contribution is 2.13. The number of hydrogen-bond donors (Lipinski definition) is 0. The number of carbonyl (C=O) groups excluding carboxylic acids is 1. The molecule has 0 aliphatic rings. The van der Waals surface area contributed by atoms with Gasteiger partial charge in [0.25, 0.3) is 5.56 Å². The third kappa shape index (κ3) is 2.11. The van der Waals surface area contributed by atoms with Crippen molar-refractivity contribution in [3.8, 4) is 0 Å². The quantitative estimate of drug-likeness (QED) is 0.777. The number of likely N-dealkylation sites (N-methyl/N-ethyl adjacent to an activating group) is 1. The van der Waals surface area contributed by atoms with Gasteiger partial charge in [0.2, 0.25) is 5.91 Å². The number of benzene rings is 1. The van der Waals surface area contributed by atoms with Gasteiger partial charge in [0.05, 0.1) is 17.5 Å². The fraction of sp³-hybridized carbons (Fsp3) is 0.308. The SMILES string of the molecule is CN(C)C(=O)Cc1nn(C)c(=O)c2ccccc12. The zero-order valence-corrected chi connectivity index (χ0v) is 10.7. The van der Waals surface area contributed by atoms with E-state index < -0.39 is 0 Å². The van der Waals surface area contributed by atoms with Gasteiger partial charge in [-0.1, -0.05) is 18.2 Å². The first-order valence-corrected chi connectivity index (χ1v) is 5.66. The lowest BCUT2D eigenvalue weighted by molar-refractivity contribution is -0.128. The van der Waals surface area contributed by atoms with E-state index >= 15 is 0 Å². The van der Waals surface area contributed by atoms with E-state index in [1.807, 2.05) is 12.1 Å². The highest BCUT2D eigenvalue weighted by molar-refractivity contribution is 5.88. The van der Waals surface area contributed by atoms with E-state index in [9.17, 15) is 9.59 Å². The van der Waals surface area contributed by atoms with Crippen LogP contribution in [0.25, 0.3) is 10.8 Å². The molecule has 0 N–H and O–H groups in total. The summed E-state index contributed by atoms with van der Waals surface area (Å²) < 4.78 is 1.28. The second-order valence-corrected chi connectivity index (χ2v) is 4.39. The number of aromatic nitrogens is 2. The molecule has 0 spiro atoms. The molecule has 5 nitrogen and oxygen atoms in total. The maximum absolute atomic E-state index is 11.9. The maximum Gasteiger partial charge on any atom is 0.274 e. The fourth-order valence-electron chi connectivity index (χ4n) is 1.81. The Hall–Kier alpha value is -2.17. The molecule has 0 aliphatic heterocycles. The Labute approximate surface area is 105 Å². The van der Waals surface area contributed by atoms with Gasteiger partial charge in [-0.15, -0.1) is 0 Å². The molecule has 5 heteroatoms. The zero-order valence-electron chi connectivity index (χ0n) is 10.7. The van der Waals surface area contributed by atoms with Crippen molar-refractivity contribution in [3.63, 3.8) is 0 Å². The summed E-state index contributed by atoms with van der Waals surface area (Å²) in [6, 6.07) is 7.22. The number of nitrogens with zero attached hydrogens (tertiary/aromatic N) is 3. The van der Waals surface area contributed by atoms with Crippen molar-refractivity contribution < 1.29 is 4.79 Å². The van der Waals surface area contributed by atoms with Gasteiger partial charge in [-0.3, -0.25) is 9.59 Å². The van der Waals surface area contributed by atoms with Crippen LogP contribution < -0.4 is 5.56 Å². The average molecular weight is 245 g/mol. The normalized spacial score (nSPS) is 10.6. The number of aryl methyl sites for hydroxylation is 1. The van der Waals surface area contributed by atoms with Crippen molar-refractivity contribution in [1.29, 1.82) is 0 Å². The molecular formula is C13H15N3O2. The van der Waals surface area contributed by atoms with Crippen molar-refractivity contribution in [2.45, 2.75) is 6.42 Å². The fourth-order valence-corrected chi connectivity index (χ4v) is 1.81. The molecule has 94 valence electrons. The first kappa shape index (κ1) is 12.3. The van der Waals surface area contributed by atoms with Crippen LogP contribution in [0.2, 0.25) is 0 Å².